The van der Waals surface area contributed by atoms with Crippen molar-refractivity contribution in [2.75, 3.05) is 0 Å². The molecule has 8 heteroatoms. The fourth-order valence-electron chi connectivity index (χ4n) is 7.34. The molecule has 0 amide bonds. The summed E-state index contributed by atoms with van der Waals surface area (Å²) in [6.07, 6.45) is -9.78. The molecule has 0 heterocycles. The number of benzene rings is 6. The first-order valence-electron chi connectivity index (χ1n) is 14.6. The molecular formula is C39H20F8. The highest BCUT2D eigenvalue weighted by Gasteiger charge is 2.52. The molecule has 0 radical (unpaired) electrons. The SMILES string of the molecule is Fc1ccc(-c2ccc3c(c2)C2(c4ccccc4-c4ccccc42)c2cc(-c4ccc(F)c(C(F)(F)F)c4)ccc2-3)cc1C(F)(F)F. The van der Waals surface area contributed by atoms with Crippen molar-refractivity contribution in [3.63, 3.8) is 0 Å². The quantitative estimate of drug-likeness (QED) is 0.165. The molecule has 0 aromatic heterocycles. The van der Waals surface area contributed by atoms with Gasteiger partial charge in [-0.1, -0.05) is 84.9 Å². The van der Waals surface area contributed by atoms with Crippen molar-refractivity contribution < 1.29 is 35.1 Å². The molecular weight excluding hydrogens is 620 g/mol. The summed E-state index contributed by atoms with van der Waals surface area (Å²) >= 11 is 0. The number of rotatable bonds is 2. The van der Waals surface area contributed by atoms with E-state index in [2.05, 4.69) is 0 Å². The molecule has 0 saturated carbocycles. The zero-order valence-electron chi connectivity index (χ0n) is 24.1. The Morgan fingerprint density at radius 1 is 0.362 bits per heavy atom. The minimum Gasteiger partial charge on any atom is -0.206 e. The first-order chi connectivity index (χ1) is 22.4. The van der Waals surface area contributed by atoms with Crippen LogP contribution in [-0.2, 0) is 17.8 Å². The first kappa shape index (κ1) is 29.2. The molecule has 0 nitrogen and oxygen atoms in total. The Hall–Kier alpha value is -5.24. The molecule has 2 aliphatic rings. The summed E-state index contributed by atoms with van der Waals surface area (Å²) in [5.74, 6) is -2.74. The molecule has 0 N–H and O–H groups in total. The number of fused-ring (bicyclic) bond motifs is 10. The van der Waals surface area contributed by atoms with Gasteiger partial charge in [-0.3, -0.25) is 0 Å². The number of hydrogen-bond acceptors (Lipinski definition) is 0. The van der Waals surface area contributed by atoms with Gasteiger partial charge in [-0.2, -0.15) is 26.3 Å². The maximum absolute atomic E-state index is 14.2. The molecule has 6 aromatic carbocycles. The molecule has 47 heavy (non-hydrogen) atoms. The zero-order valence-corrected chi connectivity index (χ0v) is 24.1. The minimum absolute atomic E-state index is 0.180. The lowest BCUT2D eigenvalue weighted by atomic mass is 9.70. The highest BCUT2D eigenvalue weighted by Crippen LogP contribution is 2.63. The second kappa shape index (κ2) is 9.88. The molecule has 0 saturated heterocycles. The highest BCUT2D eigenvalue weighted by molar-refractivity contribution is 5.96. The minimum atomic E-state index is -4.89. The molecule has 1 spiro atoms. The van der Waals surface area contributed by atoms with Crippen molar-refractivity contribution in [3.8, 4) is 44.5 Å². The van der Waals surface area contributed by atoms with Crippen molar-refractivity contribution in [2.24, 2.45) is 0 Å². The van der Waals surface area contributed by atoms with E-state index in [9.17, 15) is 35.1 Å². The summed E-state index contributed by atoms with van der Waals surface area (Å²) in [6, 6.07) is 32.0. The van der Waals surface area contributed by atoms with E-state index in [0.717, 1.165) is 68.8 Å². The Kier molecular flexibility index (Phi) is 6.13. The van der Waals surface area contributed by atoms with Crippen LogP contribution in [0.1, 0.15) is 33.4 Å². The molecule has 6 aromatic rings. The first-order valence-corrected chi connectivity index (χ1v) is 14.6. The molecule has 0 unspecified atom stereocenters. The second-order valence-corrected chi connectivity index (χ2v) is 11.7. The second-order valence-electron chi connectivity index (χ2n) is 11.7. The topological polar surface area (TPSA) is 0 Å². The lowest BCUT2D eigenvalue weighted by Crippen LogP contribution is -2.26. The van der Waals surface area contributed by atoms with E-state index in [1.54, 1.807) is 12.1 Å². The fourth-order valence-corrected chi connectivity index (χ4v) is 7.34. The van der Waals surface area contributed by atoms with Crippen LogP contribution in [0.3, 0.4) is 0 Å². The molecule has 0 bridgehead atoms. The lowest BCUT2D eigenvalue weighted by molar-refractivity contribution is -0.140. The van der Waals surface area contributed by atoms with Crippen LogP contribution in [0.2, 0.25) is 0 Å². The maximum Gasteiger partial charge on any atom is 0.419 e. The van der Waals surface area contributed by atoms with Gasteiger partial charge in [0, 0.05) is 0 Å². The van der Waals surface area contributed by atoms with Crippen molar-refractivity contribution in [2.45, 2.75) is 17.8 Å². The highest BCUT2D eigenvalue weighted by atomic mass is 19.4. The van der Waals surface area contributed by atoms with Crippen LogP contribution in [0.4, 0.5) is 35.1 Å². The van der Waals surface area contributed by atoms with Crippen LogP contribution in [0.15, 0.2) is 121 Å². The monoisotopic (exact) mass is 640 g/mol. The largest absolute Gasteiger partial charge is 0.419 e. The number of halogens is 8. The summed E-state index contributed by atoms with van der Waals surface area (Å²) in [4.78, 5) is 0. The van der Waals surface area contributed by atoms with Gasteiger partial charge in [-0.05, 0) is 103 Å². The normalized spacial score (nSPS) is 14.1. The van der Waals surface area contributed by atoms with Crippen LogP contribution >= 0.6 is 0 Å². The van der Waals surface area contributed by atoms with E-state index >= 15 is 0 Å². The number of alkyl halides is 6. The average molecular weight is 641 g/mol. The third-order valence-corrected chi connectivity index (χ3v) is 9.30. The van der Waals surface area contributed by atoms with E-state index in [4.69, 9.17) is 0 Å². The number of hydrogen-bond donors (Lipinski definition) is 0. The van der Waals surface area contributed by atoms with Crippen molar-refractivity contribution in [1.29, 1.82) is 0 Å². The summed E-state index contributed by atoms with van der Waals surface area (Å²) in [5, 5.41) is 0. The van der Waals surface area contributed by atoms with Gasteiger partial charge in [0.15, 0.2) is 0 Å². The van der Waals surface area contributed by atoms with Crippen LogP contribution < -0.4 is 0 Å². The molecule has 2 aliphatic carbocycles. The Labute approximate surface area is 263 Å². The summed E-state index contributed by atoms with van der Waals surface area (Å²) in [5.41, 5.74) is 4.36. The average Bonchev–Trinajstić information content (AvgIpc) is 3.51. The van der Waals surface area contributed by atoms with Gasteiger partial charge < -0.3 is 0 Å². The van der Waals surface area contributed by atoms with Crippen LogP contribution in [0.25, 0.3) is 44.5 Å². The van der Waals surface area contributed by atoms with Crippen molar-refractivity contribution >= 4 is 0 Å². The molecule has 0 atom stereocenters. The van der Waals surface area contributed by atoms with Crippen molar-refractivity contribution in [1.82, 2.24) is 0 Å². The third kappa shape index (κ3) is 4.20. The smallest absolute Gasteiger partial charge is 0.206 e. The van der Waals surface area contributed by atoms with Gasteiger partial charge in [0.1, 0.15) is 11.6 Å². The van der Waals surface area contributed by atoms with Gasteiger partial charge >= 0.3 is 12.4 Å². The standard InChI is InChI=1S/C39H20F8/c40-35-15-11-23(19-33(35)38(42,43)44)21-9-13-27-28-14-10-22(24-12-16-36(41)34(20-24)39(45,46)47)18-32(28)37(31(27)17-21)29-7-3-1-5-25(29)26-6-2-4-8-30(26)37/h1-20H. The van der Waals surface area contributed by atoms with Crippen LogP contribution in [0.5, 0.6) is 0 Å². The van der Waals surface area contributed by atoms with Gasteiger partial charge in [0.05, 0.1) is 16.5 Å². The van der Waals surface area contributed by atoms with E-state index in [1.165, 1.54) is 12.1 Å². The van der Waals surface area contributed by atoms with E-state index < -0.39 is 40.5 Å². The Morgan fingerprint density at radius 2 is 0.702 bits per heavy atom. The van der Waals surface area contributed by atoms with Gasteiger partial charge in [0.2, 0.25) is 0 Å². The molecule has 232 valence electrons. The molecule has 8 rings (SSSR count). The van der Waals surface area contributed by atoms with E-state index in [-0.39, 0.29) is 11.1 Å². The van der Waals surface area contributed by atoms with E-state index in [1.807, 2.05) is 72.8 Å². The summed E-state index contributed by atoms with van der Waals surface area (Å²) < 4.78 is 111. The predicted molar refractivity (Wildman–Crippen MR) is 164 cm³/mol. The Bertz CT molecular complexity index is 2100. The zero-order chi connectivity index (χ0) is 32.9. The van der Waals surface area contributed by atoms with Crippen LogP contribution in [0, 0.1) is 11.6 Å². The maximum atomic E-state index is 14.2. The fraction of sp³-hybridized carbons (Fsp3) is 0.0769. The Balaban J connectivity index is 1.42. The van der Waals surface area contributed by atoms with Crippen LogP contribution in [-0.4, -0.2) is 0 Å². The molecule has 0 fully saturated rings. The third-order valence-electron chi connectivity index (χ3n) is 9.30. The van der Waals surface area contributed by atoms with Gasteiger partial charge in [0.25, 0.3) is 0 Å². The van der Waals surface area contributed by atoms with Gasteiger partial charge in [-0.15, -0.1) is 0 Å². The van der Waals surface area contributed by atoms with Gasteiger partial charge in [-0.25, -0.2) is 8.78 Å². The lowest BCUT2D eigenvalue weighted by Gasteiger charge is -2.31. The van der Waals surface area contributed by atoms with Crippen molar-refractivity contribution in [3.05, 3.63) is 166 Å². The summed E-state index contributed by atoms with van der Waals surface area (Å²) in [7, 11) is 0. The van der Waals surface area contributed by atoms with E-state index in [0.29, 0.717) is 11.1 Å². The predicted octanol–water partition coefficient (Wildman–Crippen LogP) is 11.7. The molecule has 0 aliphatic heterocycles. The Morgan fingerprint density at radius 3 is 1.11 bits per heavy atom. The summed E-state index contributed by atoms with van der Waals surface area (Å²) in [6.45, 7) is 0.